The summed E-state index contributed by atoms with van der Waals surface area (Å²) in [5.41, 5.74) is 3.17. The maximum atomic E-state index is 12.9. The van der Waals surface area contributed by atoms with Crippen molar-refractivity contribution in [1.29, 1.82) is 0 Å². The van der Waals surface area contributed by atoms with Crippen LogP contribution < -0.4 is 10.9 Å². The second kappa shape index (κ2) is 8.79. The van der Waals surface area contributed by atoms with Crippen molar-refractivity contribution in [2.75, 3.05) is 5.32 Å². The largest absolute Gasteiger partial charge is 0.360 e. The van der Waals surface area contributed by atoms with Gasteiger partial charge in [-0.1, -0.05) is 29.4 Å². The number of nitrogens with zero attached hydrogens (tertiary/aromatic N) is 2. The quantitative estimate of drug-likeness (QED) is 0.453. The fourth-order valence-corrected chi connectivity index (χ4v) is 3.80. The minimum atomic E-state index is -0.266. The molecule has 0 unspecified atom stereocenters. The predicted octanol–water partition coefficient (Wildman–Crippen LogP) is 4.28. The van der Waals surface area contributed by atoms with Crippen molar-refractivity contribution in [3.05, 3.63) is 94.1 Å². The number of carbonyl (C=O) groups excluding carboxylic acids is 1. The predicted molar refractivity (Wildman–Crippen MR) is 115 cm³/mol. The summed E-state index contributed by atoms with van der Waals surface area (Å²) >= 11 is 1.52. The van der Waals surface area contributed by atoms with E-state index in [1.165, 1.54) is 17.8 Å². The number of rotatable bonds is 6. The molecule has 0 saturated carbocycles. The number of carbonyl (C=O) groups is 1. The average Bonchev–Trinajstić information content (AvgIpc) is 3.18. The molecule has 0 aliphatic carbocycles. The van der Waals surface area contributed by atoms with Crippen LogP contribution in [-0.4, -0.2) is 21.3 Å². The highest BCUT2D eigenvalue weighted by Crippen LogP contribution is 2.28. The normalized spacial score (nSPS) is 10.7. The topological polar surface area (TPSA) is 101 Å². The Morgan fingerprint density at radius 3 is 2.73 bits per heavy atom. The summed E-state index contributed by atoms with van der Waals surface area (Å²) < 4.78 is 5.25. The van der Waals surface area contributed by atoms with Crippen molar-refractivity contribution in [2.24, 2.45) is 0 Å². The maximum Gasteiger partial charge on any atom is 0.264 e. The molecular weight excluding hydrogens is 400 g/mol. The van der Waals surface area contributed by atoms with Gasteiger partial charge in [0.1, 0.15) is 5.76 Å². The molecule has 2 aromatic heterocycles. The molecule has 150 valence electrons. The van der Waals surface area contributed by atoms with E-state index in [1.807, 2.05) is 49.4 Å². The molecule has 8 heteroatoms. The van der Waals surface area contributed by atoms with Crippen LogP contribution in [0, 0.1) is 6.92 Å². The van der Waals surface area contributed by atoms with Gasteiger partial charge >= 0.3 is 0 Å². The van der Waals surface area contributed by atoms with E-state index in [0.29, 0.717) is 22.7 Å². The summed E-state index contributed by atoms with van der Waals surface area (Å²) in [6.07, 6.45) is 0. The van der Waals surface area contributed by atoms with E-state index in [1.54, 1.807) is 18.2 Å². The van der Waals surface area contributed by atoms with Crippen LogP contribution in [-0.2, 0) is 5.75 Å². The number of aromatic amines is 1. The van der Waals surface area contributed by atoms with E-state index in [9.17, 15) is 9.59 Å². The highest BCUT2D eigenvalue weighted by Gasteiger charge is 2.13. The first-order valence-electron chi connectivity index (χ1n) is 9.20. The minimum Gasteiger partial charge on any atom is -0.360 e. The van der Waals surface area contributed by atoms with Gasteiger partial charge in [-0.05, 0) is 37.3 Å². The summed E-state index contributed by atoms with van der Waals surface area (Å²) in [7, 11) is 0. The monoisotopic (exact) mass is 418 g/mol. The van der Waals surface area contributed by atoms with Gasteiger partial charge in [0.15, 0.2) is 0 Å². The Labute approximate surface area is 176 Å². The summed E-state index contributed by atoms with van der Waals surface area (Å²) in [4.78, 5) is 25.0. The fraction of sp³-hybridized carbons (Fsp3) is 0.0909. The summed E-state index contributed by atoms with van der Waals surface area (Å²) in [6, 6.07) is 19.7. The highest BCUT2D eigenvalue weighted by molar-refractivity contribution is 7.98. The zero-order valence-corrected chi connectivity index (χ0v) is 16.9. The Kier molecular flexibility index (Phi) is 5.76. The van der Waals surface area contributed by atoms with Crippen molar-refractivity contribution in [3.63, 3.8) is 0 Å². The van der Waals surface area contributed by atoms with Crippen LogP contribution in [0.5, 0.6) is 0 Å². The lowest BCUT2D eigenvalue weighted by Crippen LogP contribution is -2.13. The first-order chi connectivity index (χ1) is 14.6. The number of amides is 1. The van der Waals surface area contributed by atoms with Crippen molar-refractivity contribution in [2.45, 2.75) is 17.6 Å². The fourth-order valence-electron chi connectivity index (χ4n) is 2.87. The number of aryl methyl sites for hydroxylation is 1. The van der Waals surface area contributed by atoms with Gasteiger partial charge in [-0.15, -0.1) is 11.8 Å². The summed E-state index contributed by atoms with van der Waals surface area (Å²) in [6.45, 7) is 1.87. The SMILES string of the molecule is Cc1cc(CSc2ccccc2C(=O)Nc2cccc(-c3ccc(=O)[nH]n3)c2)on1. The van der Waals surface area contributed by atoms with Crippen LogP contribution in [0.4, 0.5) is 5.69 Å². The standard InChI is InChI=1S/C22H18N4O3S/c1-14-11-17(29-26-14)13-30-20-8-3-2-7-18(20)22(28)23-16-6-4-5-15(12-16)19-9-10-21(27)25-24-19/h2-12H,13H2,1H3,(H,23,28)(H,25,27). The van der Waals surface area contributed by atoms with Gasteiger partial charge in [0.2, 0.25) is 0 Å². The molecule has 2 heterocycles. The minimum absolute atomic E-state index is 0.210. The Morgan fingerprint density at radius 1 is 1.10 bits per heavy atom. The third kappa shape index (κ3) is 4.66. The van der Waals surface area contributed by atoms with Gasteiger partial charge < -0.3 is 9.84 Å². The molecule has 30 heavy (non-hydrogen) atoms. The molecule has 0 atom stereocenters. The second-order valence-electron chi connectivity index (χ2n) is 6.56. The maximum absolute atomic E-state index is 12.9. The van der Waals surface area contributed by atoms with E-state index in [-0.39, 0.29) is 11.5 Å². The summed E-state index contributed by atoms with van der Waals surface area (Å²) in [5, 5.41) is 13.3. The lowest BCUT2D eigenvalue weighted by molar-refractivity contribution is 0.102. The van der Waals surface area contributed by atoms with Crippen molar-refractivity contribution in [3.8, 4) is 11.3 Å². The molecular formula is C22H18N4O3S. The number of H-pyrrole nitrogens is 1. The average molecular weight is 418 g/mol. The number of aromatic nitrogens is 3. The van der Waals surface area contributed by atoms with Crippen LogP contribution in [0.3, 0.4) is 0 Å². The zero-order chi connectivity index (χ0) is 20.9. The van der Waals surface area contributed by atoms with Gasteiger partial charge in [0, 0.05) is 28.3 Å². The number of benzene rings is 2. The van der Waals surface area contributed by atoms with Crippen LogP contribution in [0.25, 0.3) is 11.3 Å². The molecule has 7 nitrogen and oxygen atoms in total. The van der Waals surface area contributed by atoms with Gasteiger partial charge in [-0.2, -0.15) is 5.10 Å². The van der Waals surface area contributed by atoms with Gasteiger partial charge in [0.05, 0.1) is 22.7 Å². The van der Waals surface area contributed by atoms with E-state index < -0.39 is 0 Å². The van der Waals surface area contributed by atoms with Crippen LogP contribution in [0.15, 0.2) is 80.9 Å². The molecule has 0 saturated heterocycles. The molecule has 0 radical (unpaired) electrons. The molecule has 1 amide bonds. The van der Waals surface area contributed by atoms with E-state index in [4.69, 9.17) is 4.52 Å². The molecule has 0 spiro atoms. The first-order valence-corrected chi connectivity index (χ1v) is 10.2. The second-order valence-corrected chi connectivity index (χ2v) is 7.58. The van der Waals surface area contributed by atoms with Gasteiger partial charge in [-0.25, -0.2) is 5.10 Å². The molecule has 4 rings (SSSR count). The van der Waals surface area contributed by atoms with E-state index in [0.717, 1.165) is 21.9 Å². The first kappa shape index (κ1) is 19.7. The molecule has 0 aliphatic heterocycles. The van der Waals surface area contributed by atoms with Gasteiger partial charge in [0.25, 0.3) is 11.5 Å². The number of hydrogen-bond donors (Lipinski definition) is 2. The number of anilines is 1. The van der Waals surface area contributed by atoms with E-state index in [2.05, 4.69) is 20.7 Å². The lowest BCUT2D eigenvalue weighted by atomic mass is 10.1. The van der Waals surface area contributed by atoms with Gasteiger partial charge in [-0.3, -0.25) is 9.59 Å². The zero-order valence-electron chi connectivity index (χ0n) is 16.1. The third-order valence-corrected chi connectivity index (χ3v) is 5.37. The smallest absolute Gasteiger partial charge is 0.264 e. The molecule has 0 aliphatic rings. The molecule has 2 N–H and O–H groups in total. The number of thioether (sulfide) groups is 1. The van der Waals surface area contributed by atoms with Crippen molar-refractivity contribution in [1.82, 2.24) is 15.4 Å². The Balaban J connectivity index is 1.51. The number of hydrogen-bond acceptors (Lipinski definition) is 6. The highest BCUT2D eigenvalue weighted by atomic mass is 32.2. The van der Waals surface area contributed by atoms with Crippen LogP contribution in [0.1, 0.15) is 21.8 Å². The lowest BCUT2D eigenvalue weighted by Gasteiger charge is -2.10. The summed E-state index contributed by atoms with van der Waals surface area (Å²) in [5.74, 6) is 1.13. The Bertz CT molecular complexity index is 1230. The van der Waals surface area contributed by atoms with Crippen molar-refractivity contribution < 1.29 is 9.32 Å². The van der Waals surface area contributed by atoms with Crippen molar-refractivity contribution >= 4 is 23.4 Å². The number of nitrogens with one attached hydrogen (secondary N) is 2. The third-order valence-electron chi connectivity index (χ3n) is 4.27. The van der Waals surface area contributed by atoms with Crippen LogP contribution in [0.2, 0.25) is 0 Å². The molecule has 4 aromatic rings. The molecule has 2 aromatic carbocycles. The van der Waals surface area contributed by atoms with Crippen LogP contribution >= 0.6 is 11.8 Å². The Morgan fingerprint density at radius 2 is 1.97 bits per heavy atom. The molecule has 0 bridgehead atoms. The Hall–Kier alpha value is -3.65. The molecule has 0 fully saturated rings. The van der Waals surface area contributed by atoms with E-state index >= 15 is 0 Å².